The molecule has 12 heteroatoms. The van der Waals surface area contributed by atoms with Gasteiger partial charge in [-0.2, -0.15) is 0 Å². The normalized spacial score (nSPS) is 9.67. The molecule has 0 aromatic rings. The number of hydrogen-bond acceptors (Lipinski definition) is 8. The van der Waals surface area contributed by atoms with Crippen LogP contribution in [0.5, 0.6) is 0 Å². The van der Waals surface area contributed by atoms with Gasteiger partial charge in [0.2, 0.25) is 0 Å². The van der Waals surface area contributed by atoms with Crippen LogP contribution < -0.4 is 0 Å². The second-order valence-electron chi connectivity index (χ2n) is 0.816. The van der Waals surface area contributed by atoms with Crippen LogP contribution in [0, 0.1) is 0 Å². The molecule has 0 N–H and O–H groups in total. The summed E-state index contributed by atoms with van der Waals surface area (Å²) in [5.74, 6) is 0. The zero-order chi connectivity index (χ0) is 9.00. The molecule has 0 aliphatic heterocycles. The molecular formula is CuO8PtS2. The fraction of sp³-hybridized carbons (Fsp3) is 0. The van der Waals surface area contributed by atoms with Crippen LogP contribution in [0.15, 0.2) is 0 Å². The molecule has 1 radical (unpaired) electrons. The Hall–Kier alpha value is 0.948. The van der Waals surface area contributed by atoms with E-state index in [-0.39, 0.29) is 38.1 Å². The molecule has 0 rings (SSSR count). The van der Waals surface area contributed by atoms with Crippen molar-refractivity contribution in [2.45, 2.75) is 0 Å². The van der Waals surface area contributed by atoms with Crippen LogP contribution in [-0.4, -0.2) is 35.0 Å². The molecular weight excluding hydrogens is 451 g/mol. The molecule has 0 amide bonds. The van der Waals surface area contributed by atoms with Gasteiger partial charge < -0.3 is 18.2 Å². The first kappa shape index (κ1) is 23.1. The molecule has 8 nitrogen and oxygen atoms in total. The molecule has 81 valence electrons. The van der Waals surface area contributed by atoms with Crippen LogP contribution in [0.3, 0.4) is 0 Å². The summed E-state index contributed by atoms with van der Waals surface area (Å²) in [6.45, 7) is 0. The van der Waals surface area contributed by atoms with Crippen molar-refractivity contribution < 1.29 is 73.2 Å². The van der Waals surface area contributed by atoms with Crippen molar-refractivity contribution in [3.8, 4) is 0 Å². The van der Waals surface area contributed by atoms with E-state index in [1.165, 1.54) is 0 Å². The molecule has 0 spiro atoms. The van der Waals surface area contributed by atoms with E-state index >= 15 is 0 Å². The van der Waals surface area contributed by atoms with Gasteiger partial charge in [0.1, 0.15) is 0 Å². The van der Waals surface area contributed by atoms with Crippen LogP contribution in [0.2, 0.25) is 0 Å². The van der Waals surface area contributed by atoms with Crippen molar-refractivity contribution >= 4 is 20.8 Å². The third-order valence-corrected chi connectivity index (χ3v) is 0. The molecule has 0 fully saturated rings. The maximum Gasteiger partial charge on any atom is 2.00 e. The van der Waals surface area contributed by atoms with Gasteiger partial charge in [0, 0.05) is 20.8 Å². The first-order valence-corrected chi connectivity index (χ1v) is 4.00. The standard InChI is InChI=1S/Cu.2H2O4S.Pt/c;2*1-5(2,3)4;/h;2*(H2,1,2,3,4);/q+2;;;+2/p-4. The molecule has 0 saturated heterocycles. The summed E-state index contributed by atoms with van der Waals surface area (Å²) < 4.78 is 68.2. The van der Waals surface area contributed by atoms with E-state index < -0.39 is 20.8 Å². The molecule has 12 heavy (non-hydrogen) atoms. The summed E-state index contributed by atoms with van der Waals surface area (Å²) in [7, 11) is -10.3. The van der Waals surface area contributed by atoms with Crippen molar-refractivity contribution in [2.75, 3.05) is 0 Å². The average Bonchev–Trinajstić information content (AvgIpc) is 1.12. The Morgan fingerprint density at radius 1 is 0.667 bits per heavy atom. The Kier molecular flexibility index (Phi) is 16.4. The summed E-state index contributed by atoms with van der Waals surface area (Å²) >= 11 is 0. The first-order chi connectivity index (χ1) is 4.00. The van der Waals surface area contributed by atoms with E-state index in [4.69, 9.17) is 35.0 Å². The van der Waals surface area contributed by atoms with Crippen LogP contribution in [0.4, 0.5) is 0 Å². The van der Waals surface area contributed by atoms with E-state index in [9.17, 15) is 0 Å². The maximum atomic E-state index is 8.52. The average molecular weight is 451 g/mol. The van der Waals surface area contributed by atoms with Crippen LogP contribution in [-0.2, 0) is 58.9 Å². The van der Waals surface area contributed by atoms with Crippen molar-refractivity contribution in [3.05, 3.63) is 0 Å². The maximum absolute atomic E-state index is 8.52. The molecule has 0 aliphatic rings. The van der Waals surface area contributed by atoms with Gasteiger partial charge in [0.25, 0.3) is 0 Å². The summed E-state index contributed by atoms with van der Waals surface area (Å²) in [5.41, 5.74) is 0. The van der Waals surface area contributed by atoms with E-state index in [0.717, 1.165) is 0 Å². The van der Waals surface area contributed by atoms with Gasteiger partial charge in [-0.15, -0.1) is 0 Å². The predicted molar refractivity (Wildman–Crippen MR) is 20.9 cm³/mol. The summed E-state index contributed by atoms with van der Waals surface area (Å²) in [6, 6.07) is 0. The Morgan fingerprint density at radius 3 is 0.667 bits per heavy atom. The van der Waals surface area contributed by atoms with E-state index in [1.807, 2.05) is 0 Å². The predicted octanol–water partition coefficient (Wildman–Crippen LogP) is -2.68. The van der Waals surface area contributed by atoms with Gasteiger partial charge in [0.15, 0.2) is 0 Å². The molecule has 0 atom stereocenters. The quantitative estimate of drug-likeness (QED) is 0.219. The molecule has 0 heterocycles. The van der Waals surface area contributed by atoms with Crippen LogP contribution in [0.25, 0.3) is 0 Å². The zero-order valence-corrected chi connectivity index (χ0v) is 9.55. The summed E-state index contributed by atoms with van der Waals surface area (Å²) in [4.78, 5) is 0. The fourth-order valence-electron chi connectivity index (χ4n) is 0. The van der Waals surface area contributed by atoms with E-state index in [0.29, 0.717) is 0 Å². The largest absolute Gasteiger partial charge is 2.00 e. The van der Waals surface area contributed by atoms with E-state index in [1.54, 1.807) is 0 Å². The Balaban J connectivity index is -0.0000000457. The van der Waals surface area contributed by atoms with Gasteiger partial charge in [0.05, 0.1) is 0 Å². The first-order valence-electron chi connectivity index (χ1n) is 1.33. The number of rotatable bonds is 0. The summed E-state index contributed by atoms with van der Waals surface area (Å²) in [5, 5.41) is 0. The van der Waals surface area contributed by atoms with Crippen molar-refractivity contribution in [1.29, 1.82) is 0 Å². The molecule has 0 aliphatic carbocycles. The Labute approximate surface area is 93.6 Å². The third kappa shape index (κ3) is 1210. The zero-order valence-electron chi connectivity index (χ0n) is 4.70. The monoisotopic (exact) mass is 450 g/mol. The number of hydrogen-bond donors (Lipinski definition) is 0. The van der Waals surface area contributed by atoms with Gasteiger partial charge in [-0.05, 0) is 0 Å². The van der Waals surface area contributed by atoms with Gasteiger partial charge >= 0.3 is 38.1 Å². The third-order valence-electron chi connectivity index (χ3n) is 0. The molecule has 0 bridgehead atoms. The minimum absolute atomic E-state index is 0. The molecule has 0 aromatic heterocycles. The topological polar surface area (TPSA) is 161 Å². The van der Waals surface area contributed by atoms with Crippen LogP contribution >= 0.6 is 0 Å². The second kappa shape index (κ2) is 8.54. The minimum Gasteiger partial charge on any atom is -0.759 e. The van der Waals surface area contributed by atoms with Crippen molar-refractivity contribution in [1.82, 2.24) is 0 Å². The van der Waals surface area contributed by atoms with E-state index in [2.05, 4.69) is 0 Å². The SMILES string of the molecule is O=S(=O)([O-])[O-].O=S(=O)([O-])[O-].[Cu+2].[Pt+2]. The van der Waals surface area contributed by atoms with Crippen molar-refractivity contribution in [2.24, 2.45) is 0 Å². The van der Waals surface area contributed by atoms with Crippen molar-refractivity contribution in [3.63, 3.8) is 0 Å². The molecule has 0 saturated carbocycles. The fourth-order valence-corrected chi connectivity index (χ4v) is 0. The molecule has 0 aromatic carbocycles. The Bertz CT molecular complexity index is 213. The van der Waals surface area contributed by atoms with Gasteiger partial charge in [-0.25, -0.2) is 0 Å². The Morgan fingerprint density at radius 2 is 0.667 bits per heavy atom. The van der Waals surface area contributed by atoms with Gasteiger partial charge in [-0.1, -0.05) is 0 Å². The second-order valence-corrected chi connectivity index (χ2v) is 2.45. The minimum atomic E-state index is -5.17. The van der Waals surface area contributed by atoms with Crippen LogP contribution in [0.1, 0.15) is 0 Å². The van der Waals surface area contributed by atoms with Gasteiger partial charge in [-0.3, -0.25) is 16.8 Å². The smallest absolute Gasteiger partial charge is 0.759 e. The summed E-state index contributed by atoms with van der Waals surface area (Å²) in [6.07, 6.45) is 0. The molecule has 0 unspecified atom stereocenters.